The molecule has 5 nitrogen and oxygen atoms in total. The minimum Gasteiger partial charge on any atom is -0.481 e. The number of carbonyl (C=O) groups is 1. The molecule has 0 saturated carbocycles. The van der Waals surface area contributed by atoms with E-state index in [-0.39, 0.29) is 5.91 Å². The van der Waals surface area contributed by atoms with Crippen molar-refractivity contribution in [2.24, 2.45) is 5.10 Å². The van der Waals surface area contributed by atoms with Crippen LogP contribution in [-0.2, 0) is 4.79 Å². The van der Waals surface area contributed by atoms with Gasteiger partial charge in [0.2, 0.25) is 0 Å². The van der Waals surface area contributed by atoms with Gasteiger partial charge in [0.15, 0.2) is 6.10 Å². The second kappa shape index (κ2) is 7.33. The van der Waals surface area contributed by atoms with Gasteiger partial charge < -0.3 is 9.72 Å². The summed E-state index contributed by atoms with van der Waals surface area (Å²) >= 11 is 0. The Morgan fingerprint density at radius 3 is 2.74 bits per heavy atom. The number of nitrogens with zero attached hydrogens (tertiary/aromatic N) is 1. The summed E-state index contributed by atoms with van der Waals surface area (Å²) < 4.78 is 5.75. The molecule has 0 radical (unpaired) electrons. The van der Waals surface area contributed by atoms with Crippen molar-refractivity contribution in [2.75, 3.05) is 0 Å². The van der Waals surface area contributed by atoms with Crippen LogP contribution in [0.5, 0.6) is 5.75 Å². The maximum Gasteiger partial charge on any atom is 0.280 e. The molecule has 5 heteroatoms. The van der Waals surface area contributed by atoms with E-state index >= 15 is 0 Å². The van der Waals surface area contributed by atoms with Crippen LogP contribution in [0, 0.1) is 0 Å². The van der Waals surface area contributed by atoms with E-state index in [0.717, 1.165) is 27.2 Å². The Morgan fingerprint density at radius 2 is 1.85 bits per heavy atom. The lowest BCUT2D eigenvalue weighted by molar-refractivity contribution is -0.127. The third-order valence-corrected chi connectivity index (χ3v) is 4.40. The maximum atomic E-state index is 12.2. The summed E-state index contributed by atoms with van der Waals surface area (Å²) in [5, 5.41) is 7.30. The normalized spacial score (nSPS) is 12.5. The molecular formula is C22H19N3O2. The molecule has 3 aromatic carbocycles. The Labute approximate surface area is 156 Å². The molecule has 4 rings (SSSR count). The lowest BCUT2D eigenvalue weighted by atomic mass is 10.1. The van der Waals surface area contributed by atoms with E-state index in [2.05, 4.69) is 15.5 Å². The first-order valence-electron chi connectivity index (χ1n) is 8.75. The van der Waals surface area contributed by atoms with E-state index in [1.54, 1.807) is 13.1 Å². The summed E-state index contributed by atoms with van der Waals surface area (Å²) in [6.45, 7) is 1.70. The van der Waals surface area contributed by atoms with E-state index in [1.807, 2.05) is 72.9 Å². The fourth-order valence-electron chi connectivity index (χ4n) is 2.96. The number of para-hydroxylation sites is 1. The molecule has 0 saturated heterocycles. The van der Waals surface area contributed by atoms with E-state index < -0.39 is 6.10 Å². The summed E-state index contributed by atoms with van der Waals surface area (Å²) in [5.74, 6) is 0.344. The van der Waals surface area contributed by atoms with Gasteiger partial charge in [-0.25, -0.2) is 5.43 Å². The zero-order chi connectivity index (χ0) is 18.6. The minimum atomic E-state index is -0.661. The van der Waals surface area contributed by atoms with Gasteiger partial charge in [-0.1, -0.05) is 48.5 Å². The number of aromatic nitrogens is 1. The summed E-state index contributed by atoms with van der Waals surface area (Å²) in [6.07, 6.45) is 2.82. The Bertz CT molecular complexity index is 1130. The molecule has 1 heterocycles. The molecule has 134 valence electrons. The molecule has 1 amide bonds. The van der Waals surface area contributed by atoms with E-state index in [4.69, 9.17) is 4.74 Å². The largest absolute Gasteiger partial charge is 0.481 e. The van der Waals surface area contributed by atoms with Crippen LogP contribution in [0.4, 0.5) is 0 Å². The van der Waals surface area contributed by atoms with Crippen LogP contribution in [0.15, 0.2) is 78.0 Å². The summed E-state index contributed by atoms with van der Waals surface area (Å²) in [4.78, 5) is 15.4. The van der Waals surface area contributed by atoms with Crippen molar-refractivity contribution in [3.63, 3.8) is 0 Å². The van der Waals surface area contributed by atoms with E-state index in [1.165, 1.54) is 0 Å². The molecule has 4 aromatic rings. The highest BCUT2D eigenvalue weighted by Gasteiger charge is 2.14. The molecule has 0 bridgehead atoms. The van der Waals surface area contributed by atoms with Gasteiger partial charge in [-0.15, -0.1) is 0 Å². The lowest BCUT2D eigenvalue weighted by Gasteiger charge is -2.13. The second-order valence-corrected chi connectivity index (χ2v) is 6.29. The van der Waals surface area contributed by atoms with Gasteiger partial charge in [-0.2, -0.15) is 5.10 Å². The standard InChI is InChI=1S/C22H19N3O2/c1-15(27-19-11-10-16-6-2-3-7-17(16)12-19)22(26)25-24-14-18-13-23-21-9-5-4-8-20(18)21/h2-15,23H,1H3,(H,25,26)/b24-14-/t15-/m0/s1. The molecule has 2 N–H and O–H groups in total. The van der Waals surface area contributed by atoms with Crippen LogP contribution in [0.3, 0.4) is 0 Å². The van der Waals surface area contributed by atoms with Crippen molar-refractivity contribution in [3.8, 4) is 5.75 Å². The Morgan fingerprint density at radius 1 is 1.07 bits per heavy atom. The van der Waals surface area contributed by atoms with Crippen LogP contribution in [0.25, 0.3) is 21.7 Å². The number of rotatable bonds is 5. The maximum absolute atomic E-state index is 12.2. The molecule has 0 aliphatic heterocycles. The molecule has 0 spiro atoms. The molecule has 27 heavy (non-hydrogen) atoms. The lowest BCUT2D eigenvalue weighted by Crippen LogP contribution is -2.33. The van der Waals surface area contributed by atoms with Crippen LogP contribution in [-0.4, -0.2) is 23.2 Å². The van der Waals surface area contributed by atoms with Gasteiger partial charge in [0.1, 0.15) is 5.75 Å². The molecule has 0 unspecified atom stereocenters. The van der Waals surface area contributed by atoms with Crippen LogP contribution >= 0.6 is 0 Å². The SMILES string of the molecule is C[C@H](Oc1ccc2ccccc2c1)C(=O)N/N=C\c1c[nH]c2ccccc12. The fourth-order valence-corrected chi connectivity index (χ4v) is 2.96. The summed E-state index contributed by atoms with van der Waals surface area (Å²) in [7, 11) is 0. The smallest absolute Gasteiger partial charge is 0.280 e. The first-order chi connectivity index (χ1) is 13.2. The number of benzene rings is 3. The van der Waals surface area contributed by atoms with Crippen LogP contribution in [0.2, 0.25) is 0 Å². The fraction of sp³-hybridized carbons (Fsp3) is 0.0909. The van der Waals surface area contributed by atoms with Crippen molar-refractivity contribution < 1.29 is 9.53 Å². The zero-order valence-electron chi connectivity index (χ0n) is 14.8. The number of hydrazone groups is 1. The zero-order valence-corrected chi connectivity index (χ0v) is 14.8. The average Bonchev–Trinajstić information content (AvgIpc) is 3.11. The number of hydrogen-bond acceptors (Lipinski definition) is 3. The molecule has 1 atom stereocenters. The molecule has 0 fully saturated rings. The number of aromatic amines is 1. The van der Waals surface area contributed by atoms with E-state index in [0.29, 0.717) is 5.75 Å². The van der Waals surface area contributed by atoms with Crippen LogP contribution < -0.4 is 10.2 Å². The number of carbonyl (C=O) groups excluding carboxylic acids is 1. The Kier molecular flexibility index (Phi) is 4.58. The molecule has 1 aromatic heterocycles. The number of amides is 1. The van der Waals surface area contributed by atoms with Gasteiger partial charge in [0.05, 0.1) is 6.21 Å². The van der Waals surface area contributed by atoms with Gasteiger partial charge >= 0.3 is 0 Å². The van der Waals surface area contributed by atoms with Gasteiger partial charge in [-0.05, 0) is 35.9 Å². The number of fused-ring (bicyclic) bond motifs is 2. The van der Waals surface area contributed by atoms with E-state index in [9.17, 15) is 4.79 Å². The summed E-state index contributed by atoms with van der Waals surface area (Å²) in [6, 6.07) is 21.7. The molecule has 0 aliphatic rings. The quantitative estimate of drug-likeness (QED) is 0.414. The highest BCUT2D eigenvalue weighted by Crippen LogP contribution is 2.21. The Hall–Kier alpha value is -3.60. The van der Waals surface area contributed by atoms with Crippen molar-refractivity contribution in [3.05, 3.63) is 78.5 Å². The molecular weight excluding hydrogens is 338 g/mol. The Balaban J connectivity index is 1.40. The van der Waals surface area contributed by atoms with Crippen molar-refractivity contribution in [2.45, 2.75) is 13.0 Å². The van der Waals surface area contributed by atoms with Gasteiger partial charge in [0, 0.05) is 22.7 Å². The molecule has 0 aliphatic carbocycles. The minimum absolute atomic E-state index is 0.306. The third kappa shape index (κ3) is 3.67. The predicted molar refractivity (Wildman–Crippen MR) is 108 cm³/mol. The predicted octanol–water partition coefficient (Wildman–Crippen LogP) is 4.24. The number of H-pyrrole nitrogens is 1. The van der Waals surface area contributed by atoms with Crippen molar-refractivity contribution >= 4 is 33.8 Å². The monoisotopic (exact) mass is 357 g/mol. The van der Waals surface area contributed by atoms with Crippen molar-refractivity contribution in [1.82, 2.24) is 10.4 Å². The summed E-state index contributed by atoms with van der Waals surface area (Å²) in [5.41, 5.74) is 4.47. The van der Waals surface area contributed by atoms with Gasteiger partial charge in [0.25, 0.3) is 5.91 Å². The highest BCUT2D eigenvalue weighted by atomic mass is 16.5. The number of hydrogen-bond donors (Lipinski definition) is 2. The number of nitrogens with one attached hydrogen (secondary N) is 2. The average molecular weight is 357 g/mol. The van der Waals surface area contributed by atoms with Crippen LogP contribution in [0.1, 0.15) is 12.5 Å². The van der Waals surface area contributed by atoms with Crippen molar-refractivity contribution in [1.29, 1.82) is 0 Å². The first kappa shape index (κ1) is 16.8. The second-order valence-electron chi connectivity index (χ2n) is 6.29. The number of ether oxygens (including phenoxy) is 1. The highest BCUT2D eigenvalue weighted by molar-refractivity contribution is 5.99. The first-order valence-corrected chi connectivity index (χ1v) is 8.75. The third-order valence-electron chi connectivity index (χ3n) is 4.40. The van der Waals surface area contributed by atoms with Gasteiger partial charge in [-0.3, -0.25) is 4.79 Å². The topological polar surface area (TPSA) is 66.5 Å².